The molecule has 1 saturated heterocycles. The van der Waals surface area contributed by atoms with Crippen molar-refractivity contribution >= 4 is 39.0 Å². The van der Waals surface area contributed by atoms with Crippen molar-refractivity contribution in [2.24, 2.45) is 0 Å². The number of anilines is 1. The molecule has 1 fully saturated rings. The van der Waals surface area contributed by atoms with Crippen LogP contribution >= 0.6 is 0 Å². The normalized spacial score (nSPS) is 15.4. The molecule has 11 heteroatoms. The number of aliphatic hydroxyl groups excluding tert-OH is 1. The second-order valence-corrected chi connectivity index (χ2v) is 12.7. The number of aliphatic hydroxyl groups is 1. The molecule has 2 aromatic heterocycles. The number of pyridine rings is 1. The van der Waals surface area contributed by atoms with Crippen molar-refractivity contribution < 1.29 is 28.1 Å². The number of benzene rings is 2. The Bertz CT molecular complexity index is 1900. The molecular weight excluding hydrogens is 592 g/mol. The lowest BCUT2D eigenvalue weighted by atomic mass is 10.1. The minimum absolute atomic E-state index is 0.0115. The fourth-order valence-electron chi connectivity index (χ4n) is 4.77. The third-order valence-electron chi connectivity index (χ3n) is 7.25. The van der Waals surface area contributed by atoms with Gasteiger partial charge in [0.05, 0.1) is 27.6 Å². The van der Waals surface area contributed by atoms with Crippen LogP contribution in [0.2, 0.25) is 0 Å². The van der Waals surface area contributed by atoms with Crippen LogP contribution < -0.4 is 10.0 Å². The molecule has 3 N–H and O–H groups in total. The van der Waals surface area contributed by atoms with Gasteiger partial charge >= 0.3 is 0 Å². The molecule has 5 rings (SSSR count). The number of nitrogens with one attached hydrogen (secondary N) is 2. The van der Waals surface area contributed by atoms with Gasteiger partial charge in [0.15, 0.2) is 5.76 Å². The van der Waals surface area contributed by atoms with Gasteiger partial charge in [-0.1, -0.05) is 30.0 Å². The zero-order valence-electron chi connectivity index (χ0n) is 24.6. The second-order valence-electron chi connectivity index (χ2n) is 10.7. The number of hydrogen-bond donors (Lipinski definition) is 3. The average molecular weight is 625 g/mol. The van der Waals surface area contributed by atoms with Crippen LogP contribution in [0.4, 0.5) is 5.69 Å². The molecule has 230 valence electrons. The summed E-state index contributed by atoms with van der Waals surface area (Å²) in [5.74, 6) is 8.95. The van der Waals surface area contributed by atoms with Crippen LogP contribution in [0, 0.1) is 18.8 Å². The second kappa shape index (κ2) is 13.6. The lowest BCUT2D eigenvalue weighted by Gasteiger charge is -2.15. The van der Waals surface area contributed by atoms with Gasteiger partial charge in [0, 0.05) is 59.2 Å². The van der Waals surface area contributed by atoms with Gasteiger partial charge in [0.25, 0.3) is 11.8 Å². The van der Waals surface area contributed by atoms with E-state index in [1.807, 2.05) is 0 Å². The maximum atomic E-state index is 13.3. The summed E-state index contributed by atoms with van der Waals surface area (Å²) in [6.07, 6.45) is 5.26. The molecule has 4 aromatic rings. The van der Waals surface area contributed by atoms with Gasteiger partial charge in [-0.05, 0) is 73.7 Å². The van der Waals surface area contributed by atoms with E-state index >= 15 is 0 Å². The molecule has 2 unspecified atom stereocenters. The van der Waals surface area contributed by atoms with E-state index in [0.29, 0.717) is 54.1 Å². The van der Waals surface area contributed by atoms with Crippen LogP contribution in [-0.4, -0.2) is 62.0 Å². The highest BCUT2D eigenvalue weighted by Gasteiger charge is 2.24. The molecule has 0 bridgehead atoms. The first-order chi connectivity index (χ1) is 21.6. The summed E-state index contributed by atoms with van der Waals surface area (Å²) in [5.41, 5.74) is 3.40. The van der Waals surface area contributed by atoms with E-state index in [1.54, 1.807) is 66.4 Å². The van der Waals surface area contributed by atoms with Gasteiger partial charge in [-0.15, -0.1) is 0 Å². The van der Waals surface area contributed by atoms with Crippen LogP contribution in [0.3, 0.4) is 0 Å². The number of furan rings is 1. The molecule has 3 heterocycles. The van der Waals surface area contributed by atoms with Crippen molar-refractivity contribution in [2.45, 2.75) is 37.2 Å². The molecular formula is C34H32N4O6S. The van der Waals surface area contributed by atoms with Gasteiger partial charge in [0.1, 0.15) is 0 Å². The quantitative estimate of drug-likeness (QED) is 0.201. The summed E-state index contributed by atoms with van der Waals surface area (Å²) < 4.78 is 21.1. The Morgan fingerprint density at radius 3 is 2.56 bits per heavy atom. The number of aromatic nitrogens is 1. The Kier molecular flexibility index (Phi) is 9.47. The highest BCUT2D eigenvalue weighted by Crippen LogP contribution is 2.17. The predicted octanol–water partition coefficient (Wildman–Crippen LogP) is 3.58. The zero-order chi connectivity index (χ0) is 32.0. The summed E-state index contributed by atoms with van der Waals surface area (Å²) in [6.45, 7) is 2.72. The fraction of sp³-hybridized carbons (Fsp3) is 0.206. The van der Waals surface area contributed by atoms with Gasteiger partial charge < -0.3 is 19.7 Å². The molecule has 2 atom stereocenters. The largest absolute Gasteiger partial charge is 0.459 e. The Morgan fingerprint density at radius 1 is 1.07 bits per heavy atom. The van der Waals surface area contributed by atoms with Crippen LogP contribution in [0.15, 0.2) is 88.6 Å². The first-order valence-corrected chi connectivity index (χ1v) is 16.0. The van der Waals surface area contributed by atoms with E-state index in [-0.39, 0.29) is 23.1 Å². The number of amides is 3. The summed E-state index contributed by atoms with van der Waals surface area (Å²) in [4.78, 5) is 43.9. The first kappa shape index (κ1) is 31.3. The molecule has 0 spiro atoms. The number of carbonyl (C=O) groups excluding carboxylic acids is 3. The number of hydrogen-bond acceptors (Lipinski definition) is 7. The maximum Gasteiger partial charge on any atom is 0.291 e. The van der Waals surface area contributed by atoms with E-state index in [0.717, 1.165) is 11.1 Å². The Hall–Kier alpha value is -5.18. The lowest BCUT2D eigenvalue weighted by Crippen LogP contribution is -2.30. The minimum Gasteiger partial charge on any atom is -0.459 e. The smallest absolute Gasteiger partial charge is 0.291 e. The van der Waals surface area contributed by atoms with Crippen molar-refractivity contribution in [3.63, 3.8) is 0 Å². The first-order valence-electron chi connectivity index (χ1n) is 14.2. The molecule has 3 amide bonds. The van der Waals surface area contributed by atoms with Gasteiger partial charge in [-0.25, -0.2) is 4.21 Å². The minimum atomic E-state index is -3.18. The van der Waals surface area contributed by atoms with Crippen molar-refractivity contribution in [3.05, 3.63) is 113 Å². The van der Waals surface area contributed by atoms with E-state index < -0.39 is 21.7 Å². The summed E-state index contributed by atoms with van der Waals surface area (Å²) in [6, 6.07) is 17.0. The molecule has 0 radical (unpaired) electrons. The maximum absolute atomic E-state index is 13.3. The van der Waals surface area contributed by atoms with E-state index in [1.165, 1.54) is 24.7 Å². The number of rotatable bonds is 8. The van der Waals surface area contributed by atoms with Crippen molar-refractivity contribution in [1.29, 1.82) is 0 Å². The van der Waals surface area contributed by atoms with E-state index in [9.17, 15) is 23.7 Å². The number of carbonyl (C=O) groups is 3. The number of nitrogens with zero attached hydrogens (tertiary/aromatic N) is 2. The zero-order valence-corrected chi connectivity index (χ0v) is 25.4. The van der Waals surface area contributed by atoms with Crippen molar-refractivity contribution in [3.8, 4) is 11.8 Å². The van der Waals surface area contributed by atoms with Crippen LogP contribution in [0.1, 0.15) is 56.0 Å². The monoisotopic (exact) mass is 624 g/mol. The highest BCUT2D eigenvalue weighted by molar-refractivity contribution is 7.99. The predicted molar refractivity (Wildman–Crippen MR) is 171 cm³/mol. The highest BCUT2D eigenvalue weighted by atomic mass is 32.2. The Labute approximate surface area is 261 Å². The van der Waals surface area contributed by atoms with Crippen molar-refractivity contribution in [1.82, 2.24) is 14.6 Å². The summed E-state index contributed by atoms with van der Waals surface area (Å²) in [5, 5.41) is 12.4. The van der Waals surface area contributed by atoms with Gasteiger partial charge in [-0.2, -0.15) is 0 Å². The summed E-state index contributed by atoms with van der Waals surface area (Å²) in [7, 11) is -3.18. The third kappa shape index (κ3) is 8.06. The fourth-order valence-corrected chi connectivity index (χ4v) is 5.88. The molecule has 10 nitrogen and oxygen atoms in total. The lowest BCUT2D eigenvalue weighted by molar-refractivity contribution is -0.130. The number of β-amino-alcohol motifs (C(OH)–C–C–N with tert-alkyl or cyclic N) is 1. The standard InChI is InChI=1S/C34H32N4O6S/c1-23-15-17-44-32(23)34(42)36-28-5-3-4-25(19-28)6-7-26-18-27(21-35-20-26)33(41)37-45(2,43)30-11-8-24(9-12-30)10-13-31(40)38-16-14-29(39)22-38/h3-5,8-9,11-12,15,17-21,29,39H,2,10,13-14,16,22H2,1H3,(H,36,42)(H,37,41,43). The van der Waals surface area contributed by atoms with E-state index in [4.69, 9.17) is 4.42 Å². The molecule has 45 heavy (non-hydrogen) atoms. The van der Waals surface area contributed by atoms with Crippen LogP contribution in [0.5, 0.6) is 0 Å². The molecule has 1 aliphatic heterocycles. The molecule has 2 aromatic carbocycles. The van der Waals surface area contributed by atoms with Crippen LogP contribution in [0.25, 0.3) is 0 Å². The number of aryl methyl sites for hydroxylation is 2. The Morgan fingerprint density at radius 2 is 1.84 bits per heavy atom. The SMILES string of the molecule is C=S(=O)(NC(=O)c1cncc(C#Cc2cccc(NC(=O)c3occc3C)c2)c1)c1ccc(CCC(=O)N2CCC(O)C2)cc1. The molecule has 0 aliphatic carbocycles. The van der Waals surface area contributed by atoms with Crippen LogP contribution in [-0.2, 0) is 20.9 Å². The van der Waals surface area contributed by atoms with Gasteiger partial charge in [0.2, 0.25) is 5.91 Å². The summed E-state index contributed by atoms with van der Waals surface area (Å²) >= 11 is 0. The Balaban J connectivity index is 1.19. The topological polar surface area (TPSA) is 142 Å². The van der Waals surface area contributed by atoms with Crippen molar-refractivity contribution in [2.75, 3.05) is 18.4 Å². The van der Waals surface area contributed by atoms with Gasteiger partial charge in [-0.3, -0.25) is 24.1 Å². The van der Waals surface area contributed by atoms with E-state index in [2.05, 4.69) is 32.7 Å². The molecule has 0 saturated carbocycles. The average Bonchev–Trinajstić information content (AvgIpc) is 3.67. The third-order valence-corrected chi connectivity index (χ3v) is 8.79. The number of likely N-dealkylation sites (tertiary alicyclic amines) is 1. The molecule has 1 aliphatic rings.